The second-order valence-corrected chi connectivity index (χ2v) is 12.9. The Labute approximate surface area is 247 Å². The molecular formula is C31H44N6O5. The second-order valence-electron chi connectivity index (χ2n) is 12.9. The molecule has 3 aliphatic rings. The standard InChI is InChI=1S/C31H44N6O5/c1-31(2,3)17-28(38)34-23-10-9-21-11-16-41-25-8-6-5-7-22(25)30(40)37-15-14-36(20-27-32-12-13-35(27)4)19-24(37)29(39)33-18-26(23)42-21/h5-8,12-13,21,23-24,26H,9-11,14-20H2,1-4H3,(H,33,39)(H,34,38)/t21-,23+,24-,26+/m0/s1. The van der Waals surface area contributed by atoms with E-state index >= 15 is 0 Å². The molecule has 2 bridgehead atoms. The number of fused-ring (bicyclic) bond motifs is 4. The molecule has 2 fully saturated rings. The predicted molar refractivity (Wildman–Crippen MR) is 157 cm³/mol. The van der Waals surface area contributed by atoms with E-state index in [0.717, 1.165) is 18.7 Å². The van der Waals surface area contributed by atoms with Gasteiger partial charge in [0.2, 0.25) is 11.8 Å². The zero-order valence-electron chi connectivity index (χ0n) is 25.2. The molecule has 2 aromatic rings. The maximum absolute atomic E-state index is 13.9. The van der Waals surface area contributed by atoms with Gasteiger partial charge in [-0.3, -0.25) is 19.3 Å². The van der Waals surface area contributed by atoms with Crippen LogP contribution < -0.4 is 15.4 Å². The number of imidazole rings is 1. The Morgan fingerprint density at radius 1 is 1.14 bits per heavy atom. The number of nitrogens with one attached hydrogen (secondary N) is 2. The molecule has 3 aliphatic heterocycles. The first-order valence-corrected chi connectivity index (χ1v) is 15.0. The third kappa shape index (κ3) is 7.30. The minimum absolute atomic E-state index is 0.0193. The van der Waals surface area contributed by atoms with Gasteiger partial charge < -0.3 is 29.6 Å². The quantitative estimate of drug-likeness (QED) is 0.569. The highest BCUT2D eigenvalue weighted by Gasteiger charge is 2.39. The van der Waals surface area contributed by atoms with E-state index in [2.05, 4.69) is 20.5 Å². The summed E-state index contributed by atoms with van der Waals surface area (Å²) in [6, 6.07) is 6.31. The van der Waals surface area contributed by atoms with Crippen LogP contribution >= 0.6 is 0 Å². The molecule has 1 aromatic carbocycles. The maximum Gasteiger partial charge on any atom is 0.258 e. The van der Waals surface area contributed by atoms with E-state index in [4.69, 9.17) is 9.47 Å². The molecule has 2 N–H and O–H groups in total. The van der Waals surface area contributed by atoms with Gasteiger partial charge >= 0.3 is 0 Å². The lowest BCUT2D eigenvalue weighted by Gasteiger charge is -2.41. The van der Waals surface area contributed by atoms with Crippen molar-refractivity contribution in [2.75, 3.05) is 32.8 Å². The van der Waals surface area contributed by atoms with Gasteiger partial charge in [-0.1, -0.05) is 32.9 Å². The molecule has 4 heterocycles. The van der Waals surface area contributed by atoms with E-state index in [1.54, 1.807) is 23.2 Å². The molecule has 3 amide bonds. The first-order valence-electron chi connectivity index (χ1n) is 15.0. The van der Waals surface area contributed by atoms with Crippen molar-refractivity contribution in [2.24, 2.45) is 12.5 Å². The molecule has 11 heteroatoms. The number of benzene rings is 1. The van der Waals surface area contributed by atoms with Crippen LogP contribution in [0.1, 0.15) is 62.6 Å². The predicted octanol–water partition coefficient (Wildman–Crippen LogP) is 2.11. The Bertz CT molecular complexity index is 1270. The number of aryl methyl sites for hydroxylation is 1. The number of nitrogens with zero attached hydrogens (tertiary/aromatic N) is 4. The van der Waals surface area contributed by atoms with Gasteiger partial charge in [0.05, 0.1) is 37.0 Å². The third-order valence-corrected chi connectivity index (χ3v) is 8.26. The topological polar surface area (TPSA) is 118 Å². The molecule has 4 atom stereocenters. The van der Waals surface area contributed by atoms with Gasteiger partial charge in [-0.2, -0.15) is 0 Å². The molecule has 0 radical (unpaired) electrons. The molecule has 42 heavy (non-hydrogen) atoms. The lowest BCUT2D eigenvalue weighted by atomic mass is 9.91. The number of hydrogen-bond acceptors (Lipinski definition) is 7. The summed E-state index contributed by atoms with van der Waals surface area (Å²) in [5.41, 5.74) is 0.319. The fourth-order valence-electron chi connectivity index (χ4n) is 6.01. The van der Waals surface area contributed by atoms with Crippen molar-refractivity contribution < 1.29 is 23.9 Å². The number of carbonyl (C=O) groups excluding carboxylic acids is 3. The Balaban J connectivity index is 1.38. The molecule has 5 rings (SSSR count). The normalized spacial score (nSPS) is 25.9. The van der Waals surface area contributed by atoms with Crippen LogP contribution in [-0.4, -0.2) is 94.1 Å². The third-order valence-electron chi connectivity index (χ3n) is 8.26. The number of carbonyl (C=O) groups is 3. The Hall–Kier alpha value is -3.44. The van der Waals surface area contributed by atoms with Gasteiger partial charge in [0.1, 0.15) is 17.6 Å². The number of rotatable bonds is 4. The average Bonchev–Trinajstić information content (AvgIpc) is 3.35. The summed E-state index contributed by atoms with van der Waals surface area (Å²) in [4.78, 5) is 48.8. The van der Waals surface area contributed by atoms with Crippen LogP contribution in [0, 0.1) is 5.41 Å². The largest absolute Gasteiger partial charge is 0.493 e. The first kappa shape index (κ1) is 30.0. The smallest absolute Gasteiger partial charge is 0.258 e. The number of hydrogen-bond donors (Lipinski definition) is 2. The highest BCUT2D eigenvalue weighted by Crippen LogP contribution is 2.27. The van der Waals surface area contributed by atoms with Crippen LogP contribution in [0.5, 0.6) is 5.75 Å². The summed E-state index contributed by atoms with van der Waals surface area (Å²) in [7, 11) is 1.95. The van der Waals surface area contributed by atoms with Crippen LogP contribution in [-0.2, 0) is 27.9 Å². The Kier molecular flexibility index (Phi) is 9.17. The molecule has 228 valence electrons. The minimum Gasteiger partial charge on any atom is -0.493 e. The van der Waals surface area contributed by atoms with Crippen LogP contribution in [0.2, 0.25) is 0 Å². The fraction of sp³-hybridized carbons (Fsp3) is 0.613. The summed E-state index contributed by atoms with van der Waals surface area (Å²) in [6.07, 6.45) is 5.77. The monoisotopic (exact) mass is 580 g/mol. The lowest BCUT2D eigenvalue weighted by Crippen LogP contribution is -2.62. The number of amides is 3. The van der Waals surface area contributed by atoms with Crippen molar-refractivity contribution in [1.82, 2.24) is 30.0 Å². The highest BCUT2D eigenvalue weighted by molar-refractivity contribution is 6.00. The van der Waals surface area contributed by atoms with Crippen LogP contribution in [0.3, 0.4) is 0 Å². The maximum atomic E-state index is 13.9. The summed E-state index contributed by atoms with van der Waals surface area (Å²) in [5.74, 6) is 0.922. The second kappa shape index (κ2) is 12.8. The van der Waals surface area contributed by atoms with E-state index in [1.165, 1.54) is 0 Å². The SMILES string of the molecule is Cn1ccnc1CN1CCN2C(=O)c3ccccc3OCC[C@@H]3CC[C@@H](NC(=O)CC(C)(C)C)[C@@H](CNC(=O)[C@@H]2C1)O3. The molecule has 0 spiro atoms. The van der Waals surface area contributed by atoms with Crippen molar-refractivity contribution in [3.8, 4) is 5.75 Å². The molecule has 2 saturated heterocycles. The zero-order chi connectivity index (χ0) is 29.9. The number of piperazine rings is 1. The minimum atomic E-state index is -0.712. The van der Waals surface area contributed by atoms with E-state index in [-0.39, 0.29) is 47.9 Å². The van der Waals surface area contributed by atoms with Gasteiger partial charge in [0.25, 0.3) is 5.91 Å². The molecule has 0 aliphatic carbocycles. The molecule has 11 nitrogen and oxygen atoms in total. The van der Waals surface area contributed by atoms with E-state index in [1.807, 2.05) is 50.7 Å². The number of aromatic nitrogens is 2. The molecular weight excluding hydrogens is 536 g/mol. The van der Waals surface area contributed by atoms with Gasteiger partial charge in [0.15, 0.2) is 0 Å². The van der Waals surface area contributed by atoms with Gasteiger partial charge in [-0.25, -0.2) is 4.98 Å². The van der Waals surface area contributed by atoms with Crippen molar-refractivity contribution in [3.63, 3.8) is 0 Å². The Morgan fingerprint density at radius 3 is 2.71 bits per heavy atom. The van der Waals surface area contributed by atoms with Gasteiger partial charge in [-0.15, -0.1) is 0 Å². The van der Waals surface area contributed by atoms with Crippen molar-refractivity contribution >= 4 is 17.7 Å². The molecule has 1 aromatic heterocycles. The van der Waals surface area contributed by atoms with Gasteiger partial charge in [-0.05, 0) is 30.4 Å². The first-order chi connectivity index (χ1) is 20.1. The summed E-state index contributed by atoms with van der Waals surface area (Å²) in [5, 5.41) is 6.26. The molecule has 0 saturated carbocycles. The molecule has 0 unspecified atom stereocenters. The highest BCUT2D eigenvalue weighted by atomic mass is 16.5. The summed E-state index contributed by atoms with van der Waals surface area (Å²) in [6.45, 7) is 8.69. The van der Waals surface area contributed by atoms with Crippen LogP contribution in [0.25, 0.3) is 0 Å². The average molecular weight is 581 g/mol. The van der Waals surface area contributed by atoms with Crippen molar-refractivity contribution in [3.05, 3.63) is 48.0 Å². The summed E-state index contributed by atoms with van der Waals surface area (Å²) >= 11 is 0. The van der Waals surface area contributed by atoms with Crippen LogP contribution in [0.4, 0.5) is 0 Å². The van der Waals surface area contributed by atoms with Gasteiger partial charge in [0, 0.05) is 58.5 Å². The lowest BCUT2D eigenvalue weighted by molar-refractivity contribution is -0.131. The van der Waals surface area contributed by atoms with E-state index < -0.39 is 6.04 Å². The Morgan fingerprint density at radius 2 is 1.95 bits per heavy atom. The van der Waals surface area contributed by atoms with Crippen molar-refractivity contribution in [1.29, 1.82) is 0 Å². The van der Waals surface area contributed by atoms with E-state index in [9.17, 15) is 14.4 Å². The van der Waals surface area contributed by atoms with Crippen molar-refractivity contribution in [2.45, 2.75) is 77.3 Å². The fourth-order valence-corrected chi connectivity index (χ4v) is 6.01. The van der Waals surface area contributed by atoms with E-state index in [0.29, 0.717) is 56.9 Å². The zero-order valence-corrected chi connectivity index (χ0v) is 25.2. The summed E-state index contributed by atoms with van der Waals surface area (Å²) < 4.78 is 14.6. The number of ether oxygens (including phenoxy) is 2. The van der Waals surface area contributed by atoms with Crippen LogP contribution in [0.15, 0.2) is 36.7 Å². The number of para-hydroxylation sites is 1.